The molecule has 6 nitrogen and oxygen atoms in total. The summed E-state index contributed by atoms with van der Waals surface area (Å²) in [5, 5.41) is 43.2. The molecule has 0 saturated heterocycles. The Morgan fingerprint density at radius 3 is 1.23 bits per heavy atom. The van der Waals surface area contributed by atoms with Crippen molar-refractivity contribution in [2.75, 3.05) is 6.61 Å². The molecule has 0 bridgehead atoms. The molecular weight excluding hydrogens is 490 g/mol. The first kappa shape index (κ1) is 38.3. The van der Waals surface area contributed by atoms with Crippen molar-refractivity contribution in [3.8, 4) is 0 Å². The van der Waals surface area contributed by atoms with Crippen LogP contribution in [0.5, 0.6) is 0 Å². The molecule has 4 unspecified atom stereocenters. The van der Waals surface area contributed by atoms with Crippen molar-refractivity contribution in [1.29, 1.82) is 0 Å². The van der Waals surface area contributed by atoms with Gasteiger partial charge >= 0.3 is 0 Å². The van der Waals surface area contributed by atoms with Gasteiger partial charge in [0.25, 0.3) is 0 Å². The highest BCUT2D eigenvalue weighted by Crippen LogP contribution is 2.15. The molecule has 1 amide bonds. The van der Waals surface area contributed by atoms with Gasteiger partial charge in [-0.25, -0.2) is 0 Å². The Morgan fingerprint density at radius 2 is 0.872 bits per heavy atom. The zero-order valence-corrected chi connectivity index (χ0v) is 25.9. The van der Waals surface area contributed by atoms with Gasteiger partial charge < -0.3 is 25.7 Å². The normalized spacial score (nSPS) is 14.7. The number of nitrogens with one attached hydrogen (secondary N) is 1. The Kier molecular flexibility index (Phi) is 28.3. The number of amides is 1. The van der Waals surface area contributed by atoms with Gasteiger partial charge in [0, 0.05) is 0 Å². The summed E-state index contributed by atoms with van der Waals surface area (Å²) in [5.41, 5.74) is 0. The van der Waals surface area contributed by atoms with Gasteiger partial charge in [-0.15, -0.1) is 0 Å². The van der Waals surface area contributed by atoms with Crippen LogP contribution in [-0.2, 0) is 4.79 Å². The van der Waals surface area contributed by atoms with Crippen LogP contribution in [0.15, 0.2) is 0 Å². The molecule has 6 heteroatoms. The van der Waals surface area contributed by atoms with E-state index in [1.165, 1.54) is 109 Å². The molecule has 0 rings (SSSR count). The fraction of sp³-hybridized carbons (Fsp3) is 0.970. The number of hydrogen-bond donors (Lipinski definition) is 5. The quantitative estimate of drug-likeness (QED) is 0.0594. The van der Waals surface area contributed by atoms with E-state index in [4.69, 9.17) is 0 Å². The third kappa shape index (κ3) is 23.7. The van der Waals surface area contributed by atoms with Gasteiger partial charge in [-0.05, 0) is 12.8 Å². The fourth-order valence-corrected chi connectivity index (χ4v) is 5.28. The van der Waals surface area contributed by atoms with E-state index in [1.807, 2.05) is 0 Å². The summed E-state index contributed by atoms with van der Waals surface area (Å²) in [5.74, 6) is -0.585. The van der Waals surface area contributed by atoms with Gasteiger partial charge in [0.05, 0.1) is 18.8 Å². The SMILES string of the molecule is CCCCCCCCCCCCCCCC(O)C(=O)NC(CO)C(O)C(O)CCCCCCCCCCCC. The summed E-state index contributed by atoms with van der Waals surface area (Å²) >= 11 is 0. The second kappa shape index (κ2) is 28.8. The molecule has 0 aromatic rings. The maximum absolute atomic E-state index is 12.4. The number of carbonyl (C=O) groups is 1. The topological polar surface area (TPSA) is 110 Å². The molecule has 39 heavy (non-hydrogen) atoms. The third-order valence-electron chi connectivity index (χ3n) is 8.07. The van der Waals surface area contributed by atoms with Gasteiger partial charge in [-0.3, -0.25) is 4.79 Å². The first-order valence-electron chi connectivity index (χ1n) is 16.9. The second-order valence-electron chi connectivity index (χ2n) is 11.9. The second-order valence-corrected chi connectivity index (χ2v) is 11.9. The molecule has 5 N–H and O–H groups in total. The molecule has 0 aliphatic rings. The van der Waals surface area contributed by atoms with Crippen LogP contribution in [0.1, 0.15) is 174 Å². The maximum atomic E-state index is 12.4. The largest absolute Gasteiger partial charge is 0.394 e. The first-order valence-corrected chi connectivity index (χ1v) is 16.9. The van der Waals surface area contributed by atoms with Crippen LogP contribution >= 0.6 is 0 Å². The van der Waals surface area contributed by atoms with Crippen molar-refractivity contribution in [3.63, 3.8) is 0 Å². The Morgan fingerprint density at radius 1 is 0.538 bits per heavy atom. The molecule has 4 atom stereocenters. The predicted molar refractivity (Wildman–Crippen MR) is 164 cm³/mol. The molecule has 0 saturated carbocycles. The number of carbonyl (C=O) groups excluding carboxylic acids is 1. The number of aliphatic hydroxyl groups excluding tert-OH is 4. The maximum Gasteiger partial charge on any atom is 0.249 e. The van der Waals surface area contributed by atoms with Crippen LogP contribution in [-0.4, -0.2) is 57.3 Å². The number of hydrogen-bond acceptors (Lipinski definition) is 5. The smallest absolute Gasteiger partial charge is 0.249 e. The van der Waals surface area contributed by atoms with Crippen LogP contribution in [0.25, 0.3) is 0 Å². The predicted octanol–water partition coefficient (Wildman–Crippen LogP) is 7.34. The van der Waals surface area contributed by atoms with E-state index in [2.05, 4.69) is 19.2 Å². The molecule has 0 radical (unpaired) electrons. The van der Waals surface area contributed by atoms with E-state index in [9.17, 15) is 25.2 Å². The molecule has 0 heterocycles. The molecule has 0 aromatic heterocycles. The van der Waals surface area contributed by atoms with E-state index in [-0.39, 0.29) is 0 Å². The molecule has 234 valence electrons. The van der Waals surface area contributed by atoms with Gasteiger partial charge in [-0.2, -0.15) is 0 Å². The zero-order valence-electron chi connectivity index (χ0n) is 25.9. The number of rotatable bonds is 30. The molecule has 0 aromatic carbocycles. The van der Waals surface area contributed by atoms with Crippen LogP contribution in [0.4, 0.5) is 0 Å². The fourth-order valence-electron chi connectivity index (χ4n) is 5.28. The standard InChI is InChI=1S/C33H67NO5/c1-3-5-7-9-11-13-15-16-17-19-21-23-25-27-31(37)33(39)34-29(28-35)32(38)30(36)26-24-22-20-18-14-12-10-8-6-4-2/h29-32,35-38H,3-28H2,1-2H3,(H,34,39). The molecule has 0 fully saturated rings. The summed E-state index contributed by atoms with van der Waals surface area (Å²) in [6, 6.07) is -0.975. The lowest BCUT2D eigenvalue weighted by Gasteiger charge is -2.27. The lowest BCUT2D eigenvalue weighted by Crippen LogP contribution is -2.53. The Labute approximate surface area is 241 Å². The highest BCUT2D eigenvalue weighted by Gasteiger charge is 2.28. The minimum atomic E-state index is -1.25. The third-order valence-corrected chi connectivity index (χ3v) is 8.07. The van der Waals surface area contributed by atoms with Crippen LogP contribution in [0.2, 0.25) is 0 Å². The van der Waals surface area contributed by atoms with E-state index in [0.29, 0.717) is 12.8 Å². The lowest BCUT2D eigenvalue weighted by atomic mass is 9.99. The van der Waals surface area contributed by atoms with Gasteiger partial charge in [0.1, 0.15) is 12.2 Å². The minimum absolute atomic E-state index is 0.374. The summed E-state index contributed by atoms with van der Waals surface area (Å²) in [6.07, 6.45) is 25.5. The molecule has 0 spiro atoms. The van der Waals surface area contributed by atoms with Crippen LogP contribution < -0.4 is 5.32 Å². The van der Waals surface area contributed by atoms with Gasteiger partial charge in [0.2, 0.25) is 5.91 Å². The highest BCUT2D eigenvalue weighted by atomic mass is 16.3. The summed E-state index contributed by atoms with van der Waals surface area (Å²) in [7, 11) is 0. The van der Waals surface area contributed by atoms with Gasteiger partial charge in [-0.1, -0.05) is 162 Å². The van der Waals surface area contributed by atoms with E-state index in [0.717, 1.165) is 38.5 Å². The number of unbranched alkanes of at least 4 members (excludes halogenated alkanes) is 21. The van der Waals surface area contributed by atoms with Crippen molar-refractivity contribution in [3.05, 3.63) is 0 Å². The lowest BCUT2D eigenvalue weighted by molar-refractivity contribution is -0.132. The Hall–Kier alpha value is -0.690. The van der Waals surface area contributed by atoms with Crippen LogP contribution in [0, 0.1) is 0 Å². The zero-order chi connectivity index (χ0) is 29.0. The molecule has 0 aliphatic carbocycles. The van der Waals surface area contributed by atoms with E-state index >= 15 is 0 Å². The molecule has 0 aliphatic heterocycles. The van der Waals surface area contributed by atoms with Crippen LogP contribution in [0.3, 0.4) is 0 Å². The first-order chi connectivity index (χ1) is 19.0. The Bertz CT molecular complexity index is 518. The monoisotopic (exact) mass is 558 g/mol. The Balaban J connectivity index is 3.84. The van der Waals surface area contributed by atoms with Crippen molar-refractivity contribution >= 4 is 5.91 Å². The summed E-state index contributed by atoms with van der Waals surface area (Å²) < 4.78 is 0. The van der Waals surface area contributed by atoms with Crippen molar-refractivity contribution in [1.82, 2.24) is 5.32 Å². The van der Waals surface area contributed by atoms with Crippen molar-refractivity contribution in [2.45, 2.75) is 199 Å². The van der Waals surface area contributed by atoms with E-state index in [1.54, 1.807) is 0 Å². The summed E-state index contributed by atoms with van der Waals surface area (Å²) in [6.45, 7) is 4.00. The van der Waals surface area contributed by atoms with Gasteiger partial charge in [0.15, 0.2) is 0 Å². The van der Waals surface area contributed by atoms with Crippen molar-refractivity contribution in [2.24, 2.45) is 0 Å². The average Bonchev–Trinajstić information content (AvgIpc) is 2.94. The van der Waals surface area contributed by atoms with E-state index < -0.39 is 36.9 Å². The van der Waals surface area contributed by atoms with Crippen molar-refractivity contribution < 1.29 is 25.2 Å². The molecular formula is C33H67NO5. The highest BCUT2D eigenvalue weighted by molar-refractivity contribution is 5.80. The average molecular weight is 558 g/mol. The minimum Gasteiger partial charge on any atom is -0.394 e. The number of aliphatic hydroxyl groups is 4. The summed E-state index contributed by atoms with van der Waals surface area (Å²) in [4.78, 5) is 12.4.